The van der Waals surface area contributed by atoms with Gasteiger partial charge in [0.25, 0.3) is 0 Å². The molecule has 0 saturated carbocycles. The summed E-state index contributed by atoms with van der Waals surface area (Å²) in [6, 6.07) is 6.18. The lowest BCUT2D eigenvalue weighted by Gasteiger charge is -2.31. The first-order valence-electron chi connectivity index (χ1n) is 5.99. The van der Waals surface area contributed by atoms with Gasteiger partial charge < -0.3 is 15.4 Å². The van der Waals surface area contributed by atoms with Crippen molar-refractivity contribution in [2.75, 3.05) is 36.6 Å². The van der Waals surface area contributed by atoms with Crippen LogP contribution in [0.3, 0.4) is 0 Å². The first kappa shape index (κ1) is 12.6. The Morgan fingerprint density at radius 2 is 2.06 bits per heavy atom. The van der Waals surface area contributed by atoms with Crippen LogP contribution in [0.25, 0.3) is 0 Å². The summed E-state index contributed by atoms with van der Waals surface area (Å²) < 4.78 is 5.43. The standard InChI is InChI=1S/C13H20N2OS/c1-10(14)13-11(4-3-5-12(13)16-2)15-6-8-17-9-7-15/h3-5,10H,6-9,14H2,1-2H3/t10-/m1/s1. The van der Waals surface area contributed by atoms with Crippen LogP contribution in [0.5, 0.6) is 5.75 Å². The summed E-state index contributed by atoms with van der Waals surface area (Å²) in [7, 11) is 1.71. The zero-order valence-corrected chi connectivity index (χ0v) is 11.3. The Morgan fingerprint density at radius 3 is 2.65 bits per heavy atom. The molecule has 4 heteroatoms. The monoisotopic (exact) mass is 252 g/mol. The number of nitrogens with zero attached hydrogens (tertiary/aromatic N) is 1. The zero-order valence-electron chi connectivity index (χ0n) is 10.5. The van der Waals surface area contributed by atoms with Crippen molar-refractivity contribution in [1.82, 2.24) is 0 Å². The lowest BCUT2D eigenvalue weighted by Crippen LogP contribution is -2.33. The Kier molecular flexibility index (Phi) is 4.18. The van der Waals surface area contributed by atoms with Crippen LogP contribution in [0.4, 0.5) is 5.69 Å². The molecule has 0 bridgehead atoms. The molecule has 1 aromatic carbocycles. The third kappa shape index (κ3) is 2.69. The second-order valence-electron chi connectivity index (χ2n) is 4.28. The lowest BCUT2D eigenvalue weighted by molar-refractivity contribution is 0.407. The molecule has 94 valence electrons. The van der Waals surface area contributed by atoms with Gasteiger partial charge in [-0.3, -0.25) is 0 Å². The molecule has 1 saturated heterocycles. The quantitative estimate of drug-likeness (QED) is 0.895. The van der Waals surface area contributed by atoms with Gasteiger partial charge in [-0.2, -0.15) is 11.8 Å². The van der Waals surface area contributed by atoms with Crippen molar-refractivity contribution in [2.45, 2.75) is 13.0 Å². The van der Waals surface area contributed by atoms with Crippen molar-refractivity contribution in [3.05, 3.63) is 23.8 Å². The van der Waals surface area contributed by atoms with Gasteiger partial charge in [0.2, 0.25) is 0 Å². The SMILES string of the molecule is COc1cccc(N2CCSCC2)c1[C@@H](C)N. The summed E-state index contributed by atoms with van der Waals surface area (Å²) in [6.07, 6.45) is 0. The number of benzene rings is 1. The number of rotatable bonds is 3. The average molecular weight is 252 g/mol. The van der Waals surface area contributed by atoms with Crippen LogP contribution in [0.1, 0.15) is 18.5 Å². The number of hydrogen-bond acceptors (Lipinski definition) is 4. The van der Waals surface area contributed by atoms with Gasteiger partial charge in [-0.05, 0) is 19.1 Å². The summed E-state index contributed by atoms with van der Waals surface area (Å²) >= 11 is 2.01. The molecule has 1 aliphatic rings. The van der Waals surface area contributed by atoms with Gasteiger partial charge in [0.1, 0.15) is 5.75 Å². The minimum Gasteiger partial charge on any atom is -0.496 e. The Bertz CT molecular complexity index is 376. The van der Waals surface area contributed by atoms with Crippen LogP contribution in [-0.4, -0.2) is 31.7 Å². The van der Waals surface area contributed by atoms with E-state index in [-0.39, 0.29) is 6.04 Å². The highest BCUT2D eigenvalue weighted by molar-refractivity contribution is 7.99. The van der Waals surface area contributed by atoms with Gasteiger partial charge in [-0.15, -0.1) is 0 Å². The van der Waals surface area contributed by atoms with Gasteiger partial charge in [0, 0.05) is 41.9 Å². The van der Waals surface area contributed by atoms with E-state index in [2.05, 4.69) is 11.0 Å². The molecule has 1 heterocycles. The van der Waals surface area contributed by atoms with E-state index in [1.807, 2.05) is 30.8 Å². The Labute approximate surface area is 107 Å². The molecule has 1 aromatic rings. The molecule has 1 aliphatic heterocycles. The highest BCUT2D eigenvalue weighted by Gasteiger charge is 2.19. The minimum atomic E-state index is -0.00395. The highest BCUT2D eigenvalue weighted by atomic mass is 32.2. The molecule has 1 fully saturated rings. The molecule has 2 rings (SSSR count). The lowest BCUT2D eigenvalue weighted by atomic mass is 10.0. The van der Waals surface area contributed by atoms with Crippen molar-refractivity contribution >= 4 is 17.4 Å². The summed E-state index contributed by atoms with van der Waals surface area (Å²) in [5, 5.41) is 0. The molecule has 0 spiro atoms. The van der Waals surface area contributed by atoms with Crippen LogP contribution in [0, 0.1) is 0 Å². The summed E-state index contributed by atoms with van der Waals surface area (Å²) in [4.78, 5) is 2.41. The highest BCUT2D eigenvalue weighted by Crippen LogP contribution is 2.34. The van der Waals surface area contributed by atoms with Crippen LogP contribution in [-0.2, 0) is 0 Å². The Hall–Kier alpha value is -0.870. The molecule has 0 amide bonds. The third-order valence-corrected chi connectivity index (χ3v) is 4.01. The van der Waals surface area contributed by atoms with Crippen LogP contribution in [0.15, 0.2) is 18.2 Å². The minimum absolute atomic E-state index is 0.00395. The first-order chi connectivity index (χ1) is 8.24. The predicted octanol–water partition coefficient (Wildman–Crippen LogP) is 2.27. The van der Waals surface area contributed by atoms with Crippen molar-refractivity contribution in [3.8, 4) is 5.75 Å². The summed E-state index contributed by atoms with van der Waals surface area (Å²) in [5.41, 5.74) is 8.45. The van der Waals surface area contributed by atoms with Gasteiger partial charge in [-0.1, -0.05) is 6.07 Å². The van der Waals surface area contributed by atoms with Crippen molar-refractivity contribution in [3.63, 3.8) is 0 Å². The van der Waals surface area contributed by atoms with E-state index in [4.69, 9.17) is 10.5 Å². The number of hydrogen-bond donors (Lipinski definition) is 1. The fourth-order valence-electron chi connectivity index (χ4n) is 2.25. The van der Waals surface area contributed by atoms with Crippen LogP contribution >= 0.6 is 11.8 Å². The Balaban J connectivity index is 2.37. The van der Waals surface area contributed by atoms with E-state index >= 15 is 0 Å². The summed E-state index contributed by atoms with van der Waals surface area (Å²) in [5.74, 6) is 3.28. The van der Waals surface area contributed by atoms with Gasteiger partial charge in [-0.25, -0.2) is 0 Å². The number of ether oxygens (including phenoxy) is 1. The van der Waals surface area contributed by atoms with E-state index in [1.165, 1.54) is 17.2 Å². The van der Waals surface area contributed by atoms with Gasteiger partial charge in [0.05, 0.1) is 7.11 Å². The number of methoxy groups -OCH3 is 1. The number of nitrogens with two attached hydrogens (primary N) is 1. The second-order valence-corrected chi connectivity index (χ2v) is 5.51. The second kappa shape index (κ2) is 5.65. The molecule has 3 nitrogen and oxygen atoms in total. The van der Waals surface area contributed by atoms with E-state index in [9.17, 15) is 0 Å². The molecular weight excluding hydrogens is 232 g/mol. The molecule has 0 unspecified atom stereocenters. The largest absolute Gasteiger partial charge is 0.496 e. The fourth-order valence-corrected chi connectivity index (χ4v) is 3.15. The maximum absolute atomic E-state index is 6.09. The molecular formula is C13H20N2OS. The maximum atomic E-state index is 6.09. The van der Waals surface area contributed by atoms with Gasteiger partial charge >= 0.3 is 0 Å². The molecule has 17 heavy (non-hydrogen) atoms. The molecule has 0 aliphatic carbocycles. The van der Waals surface area contributed by atoms with Crippen molar-refractivity contribution in [2.24, 2.45) is 5.73 Å². The van der Waals surface area contributed by atoms with E-state index in [0.29, 0.717) is 0 Å². The third-order valence-electron chi connectivity index (χ3n) is 3.07. The first-order valence-corrected chi connectivity index (χ1v) is 7.14. The molecule has 0 aromatic heterocycles. The molecule has 2 N–H and O–H groups in total. The van der Waals surface area contributed by atoms with Gasteiger partial charge in [0.15, 0.2) is 0 Å². The zero-order chi connectivity index (χ0) is 12.3. The molecule has 0 radical (unpaired) electrons. The average Bonchev–Trinajstić information content (AvgIpc) is 2.38. The summed E-state index contributed by atoms with van der Waals surface area (Å²) in [6.45, 7) is 4.20. The van der Waals surface area contributed by atoms with Crippen molar-refractivity contribution < 1.29 is 4.74 Å². The fraction of sp³-hybridized carbons (Fsp3) is 0.538. The van der Waals surface area contributed by atoms with E-state index < -0.39 is 0 Å². The topological polar surface area (TPSA) is 38.5 Å². The molecule has 1 atom stereocenters. The maximum Gasteiger partial charge on any atom is 0.125 e. The van der Waals surface area contributed by atoms with Crippen LogP contribution < -0.4 is 15.4 Å². The predicted molar refractivity (Wildman–Crippen MR) is 75.1 cm³/mol. The van der Waals surface area contributed by atoms with Crippen molar-refractivity contribution in [1.29, 1.82) is 0 Å². The van der Waals surface area contributed by atoms with Crippen LogP contribution in [0.2, 0.25) is 0 Å². The smallest absolute Gasteiger partial charge is 0.125 e. The van der Waals surface area contributed by atoms with E-state index in [1.54, 1.807) is 7.11 Å². The van der Waals surface area contributed by atoms with E-state index in [0.717, 1.165) is 24.4 Å². The number of thioether (sulfide) groups is 1. The Morgan fingerprint density at radius 1 is 1.35 bits per heavy atom. The normalized spacial score (nSPS) is 17.9. The number of anilines is 1.